The molecule has 2 aromatic rings. The van der Waals surface area contributed by atoms with Crippen molar-refractivity contribution in [3.63, 3.8) is 0 Å². The standard InChI is InChI=1S/C18H19NO4/c1-3-22-16-10-6-7-13(12-16)17(20)19-15-9-5-8-14(11-15)18(21)23-4-2/h5-12H,3-4H2,1-2H3,(H,19,20). The summed E-state index contributed by atoms with van der Waals surface area (Å²) in [6.45, 7) is 4.47. The third kappa shape index (κ3) is 4.57. The Morgan fingerprint density at radius 3 is 2.43 bits per heavy atom. The first-order valence-electron chi connectivity index (χ1n) is 7.45. The molecule has 0 fully saturated rings. The van der Waals surface area contributed by atoms with Crippen LogP contribution in [0.25, 0.3) is 0 Å². The lowest BCUT2D eigenvalue weighted by molar-refractivity contribution is 0.0526. The molecule has 5 heteroatoms. The Bertz CT molecular complexity index is 697. The normalized spacial score (nSPS) is 10.0. The van der Waals surface area contributed by atoms with Crippen molar-refractivity contribution in [2.75, 3.05) is 18.5 Å². The van der Waals surface area contributed by atoms with Crippen molar-refractivity contribution in [1.29, 1.82) is 0 Å². The van der Waals surface area contributed by atoms with E-state index < -0.39 is 5.97 Å². The fourth-order valence-electron chi connectivity index (χ4n) is 2.04. The molecule has 0 aliphatic rings. The molecular weight excluding hydrogens is 294 g/mol. The van der Waals surface area contributed by atoms with Gasteiger partial charge < -0.3 is 14.8 Å². The lowest BCUT2D eigenvalue weighted by atomic mass is 10.1. The second-order valence-corrected chi connectivity index (χ2v) is 4.72. The van der Waals surface area contributed by atoms with Gasteiger partial charge in [0, 0.05) is 11.3 Å². The van der Waals surface area contributed by atoms with Crippen molar-refractivity contribution in [2.24, 2.45) is 0 Å². The number of hydrogen-bond acceptors (Lipinski definition) is 4. The van der Waals surface area contributed by atoms with Gasteiger partial charge in [0.05, 0.1) is 18.8 Å². The van der Waals surface area contributed by atoms with E-state index in [1.54, 1.807) is 55.5 Å². The van der Waals surface area contributed by atoms with Crippen molar-refractivity contribution < 1.29 is 19.1 Å². The first-order valence-corrected chi connectivity index (χ1v) is 7.45. The molecule has 0 saturated heterocycles. The predicted molar refractivity (Wildman–Crippen MR) is 88.0 cm³/mol. The lowest BCUT2D eigenvalue weighted by Crippen LogP contribution is -2.13. The number of amides is 1. The number of nitrogens with one attached hydrogen (secondary N) is 1. The van der Waals surface area contributed by atoms with E-state index >= 15 is 0 Å². The summed E-state index contributed by atoms with van der Waals surface area (Å²) in [5, 5.41) is 2.76. The molecule has 1 amide bonds. The fraction of sp³-hybridized carbons (Fsp3) is 0.222. The average Bonchev–Trinajstić information content (AvgIpc) is 2.56. The van der Waals surface area contributed by atoms with Crippen LogP contribution in [0.15, 0.2) is 48.5 Å². The highest BCUT2D eigenvalue weighted by molar-refractivity contribution is 6.05. The van der Waals surface area contributed by atoms with Crippen molar-refractivity contribution in [2.45, 2.75) is 13.8 Å². The number of carbonyl (C=O) groups excluding carboxylic acids is 2. The molecule has 0 bridgehead atoms. The van der Waals surface area contributed by atoms with E-state index in [4.69, 9.17) is 9.47 Å². The van der Waals surface area contributed by atoms with Crippen LogP contribution >= 0.6 is 0 Å². The van der Waals surface area contributed by atoms with Gasteiger partial charge in [-0.2, -0.15) is 0 Å². The highest BCUT2D eigenvalue weighted by atomic mass is 16.5. The zero-order valence-electron chi connectivity index (χ0n) is 13.2. The molecule has 1 N–H and O–H groups in total. The Labute approximate surface area is 135 Å². The summed E-state index contributed by atoms with van der Waals surface area (Å²) in [5.74, 6) is -0.0464. The van der Waals surface area contributed by atoms with Gasteiger partial charge >= 0.3 is 5.97 Å². The Morgan fingerprint density at radius 2 is 1.70 bits per heavy atom. The number of benzene rings is 2. The van der Waals surface area contributed by atoms with Crippen molar-refractivity contribution >= 4 is 17.6 Å². The molecule has 0 heterocycles. The number of anilines is 1. The van der Waals surface area contributed by atoms with Gasteiger partial charge in [-0.25, -0.2) is 4.79 Å². The maximum atomic E-state index is 12.3. The SMILES string of the molecule is CCOC(=O)c1cccc(NC(=O)c2cccc(OCC)c2)c1. The van der Waals surface area contributed by atoms with Crippen LogP contribution in [0, 0.1) is 0 Å². The zero-order chi connectivity index (χ0) is 16.7. The van der Waals surface area contributed by atoms with E-state index in [2.05, 4.69) is 5.32 Å². The molecule has 0 aliphatic heterocycles. The average molecular weight is 313 g/mol. The minimum Gasteiger partial charge on any atom is -0.494 e. The smallest absolute Gasteiger partial charge is 0.338 e. The monoisotopic (exact) mass is 313 g/mol. The first-order chi connectivity index (χ1) is 11.1. The Kier molecular flexibility index (Phi) is 5.74. The van der Waals surface area contributed by atoms with Crippen molar-refractivity contribution in [3.8, 4) is 5.75 Å². The van der Waals surface area contributed by atoms with E-state index in [1.807, 2.05) is 6.92 Å². The quantitative estimate of drug-likeness (QED) is 0.829. The maximum Gasteiger partial charge on any atom is 0.338 e. The molecule has 0 unspecified atom stereocenters. The molecular formula is C18H19NO4. The summed E-state index contributed by atoms with van der Waals surface area (Å²) in [7, 11) is 0. The van der Waals surface area contributed by atoms with Gasteiger partial charge in [-0.3, -0.25) is 4.79 Å². The molecule has 2 rings (SSSR count). The van der Waals surface area contributed by atoms with Crippen LogP contribution in [0.1, 0.15) is 34.6 Å². The summed E-state index contributed by atoms with van der Waals surface area (Å²) in [5.41, 5.74) is 1.41. The fourth-order valence-corrected chi connectivity index (χ4v) is 2.04. The third-order valence-corrected chi connectivity index (χ3v) is 3.04. The molecule has 0 radical (unpaired) electrons. The van der Waals surface area contributed by atoms with Crippen LogP contribution in [0.4, 0.5) is 5.69 Å². The molecule has 0 aromatic heterocycles. The predicted octanol–water partition coefficient (Wildman–Crippen LogP) is 3.51. The van der Waals surface area contributed by atoms with Crippen LogP contribution in [0.5, 0.6) is 5.75 Å². The highest BCUT2D eigenvalue weighted by Crippen LogP contribution is 2.16. The molecule has 0 saturated carbocycles. The summed E-state index contributed by atoms with van der Waals surface area (Å²) in [4.78, 5) is 24.0. The van der Waals surface area contributed by atoms with E-state index in [9.17, 15) is 9.59 Å². The molecule has 5 nitrogen and oxygen atoms in total. The van der Waals surface area contributed by atoms with E-state index in [1.165, 1.54) is 0 Å². The van der Waals surface area contributed by atoms with Crippen LogP contribution in [-0.2, 0) is 4.74 Å². The minimum absolute atomic E-state index is 0.271. The molecule has 120 valence electrons. The summed E-state index contributed by atoms with van der Waals surface area (Å²) in [6.07, 6.45) is 0. The van der Waals surface area contributed by atoms with Crippen LogP contribution in [-0.4, -0.2) is 25.1 Å². The van der Waals surface area contributed by atoms with Crippen molar-refractivity contribution in [3.05, 3.63) is 59.7 Å². The van der Waals surface area contributed by atoms with Crippen LogP contribution in [0.3, 0.4) is 0 Å². The molecule has 0 aliphatic carbocycles. The lowest BCUT2D eigenvalue weighted by Gasteiger charge is -2.09. The van der Waals surface area contributed by atoms with Gasteiger partial charge in [0.1, 0.15) is 5.75 Å². The maximum absolute atomic E-state index is 12.3. The second-order valence-electron chi connectivity index (χ2n) is 4.72. The molecule has 2 aromatic carbocycles. The zero-order valence-corrected chi connectivity index (χ0v) is 13.2. The van der Waals surface area contributed by atoms with E-state index in [-0.39, 0.29) is 5.91 Å². The topological polar surface area (TPSA) is 64.6 Å². The Hall–Kier alpha value is -2.82. The molecule has 0 spiro atoms. The summed E-state index contributed by atoms with van der Waals surface area (Å²) < 4.78 is 10.3. The number of carbonyl (C=O) groups is 2. The molecule has 23 heavy (non-hydrogen) atoms. The second kappa shape index (κ2) is 7.98. The first kappa shape index (κ1) is 16.5. The number of ether oxygens (including phenoxy) is 2. The number of rotatable bonds is 6. The minimum atomic E-state index is -0.415. The van der Waals surface area contributed by atoms with Crippen molar-refractivity contribution in [1.82, 2.24) is 0 Å². The largest absolute Gasteiger partial charge is 0.494 e. The third-order valence-electron chi connectivity index (χ3n) is 3.04. The Morgan fingerprint density at radius 1 is 0.957 bits per heavy atom. The number of hydrogen-bond donors (Lipinski definition) is 1. The highest BCUT2D eigenvalue weighted by Gasteiger charge is 2.10. The van der Waals surface area contributed by atoms with E-state index in [0.717, 1.165) is 0 Å². The van der Waals surface area contributed by atoms with Crippen LogP contribution in [0.2, 0.25) is 0 Å². The van der Waals surface area contributed by atoms with Gasteiger partial charge in [-0.1, -0.05) is 12.1 Å². The van der Waals surface area contributed by atoms with E-state index in [0.29, 0.717) is 35.8 Å². The van der Waals surface area contributed by atoms with Gasteiger partial charge in [-0.15, -0.1) is 0 Å². The van der Waals surface area contributed by atoms with Gasteiger partial charge in [0.15, 0.2) is 0 Å². The van der Waals surface area contributed by atoms with Crippen LogP contribution < -0.4 is 10.1 Å². The molecule has 0 atom stereocenters. The van der Waals surface area contributed by atoms with Gasteiger partial charge in [0.2, 0.25) is 0 Å². The van der Waals surface area contributed by atoms with Gasteiger partial charge in [-0.05, 0) is 50.2 Å². The van der Waals surface area contributed by atoms with Gasteiger partial charge in [0.25, 0.3) is 5.91 Å². The summed E-state index contributed by atoms with van der Waals surface area (Å²) in [6, 6.07) is 13.6. The Balaban J connectivity index is 2.12. The number of esters is 1. The summed E-state index contributed by atoms with van der Waals surface area (Å²) >= 11 is 0.